The maximum absolute atomic E-state index is 13.1. The van der Waals surface area contributed by atoms with Crippen molar-refractivity contribution in [3.63, 3.8) is 0 Å². The van der Waals surface area contributed by atoms with Gasteiger partial charge in [0.05, 0.1) is 35.8 Å². The van der Waals surface area contributed by atoms with E-state index in [0.29, 0.717) is 23.8 Å². The van der Waals surface area contributed by atoms with E-state index in [9.17, 15) is 9.18 Å². The van der Waals surface area contributed by atoms with Gasteiger partial charge in [-0.25, -0.2) is 9.18 Å². The minimum Gasteiger partial charge on any atom is -0.462 e. The first-order valence-corrected chi connectivity index (χ1v) is 9.92. The van der Waals surface area contributed by atoms with Gasteiger partial charge in [-0.15, -0.1) is 0 Å². The normalized spacial score (nSPS) is 10.5. The van der Waals surface area contributed by atoms with Crippen molar-refractivity contribution in [2.75, 3.05) is 17.2 Å². The van der Waals surface area contributed by atoms with Crippen molar-refractivity contribution in [2.45, 2.75) is 27.3 Å². The minimum atomic E-state index is -0.357. The lowest BCUT2D eigenvalue weighted by atomic mass is 10.2. The molecular formula is C22H23FN4O2S. The van der Waals surface area contributed by atoms with E-state index in [1.807, 2.05) is 18.5 Å². The van der Waals surface area contributed by atoms with Crippen molar-refractivity contribution in [2.24, 2.45) is 0 Å². The predicted octanol–water partition coefficient (Wildman–Crippen LogP) is 4.67. The molecule has 0 amide bonds. The van der Waals surface area contributed by atoms with Gasteiger partial charge in [0.25, 0.3) is 0 Å². The largest absolute Gasteiger partial charge is 0.462 e. The smallest absolute Gasteiger partial charge is 0.338 e. The number of hydrogen-bond donors (Lipinski definition) is 2. The Balaban J connectivity index is 1.66. The van der Waals surface area contributed by atoms with E-state index in [4.69, 9.17) is 17.0 Å². The number of rotatable bonds is 6. The van der Waals surface area contributed by atoms with Gasteiger partial charge in [0.2, 0.25) is 0 Å². The van der Waals surface area contributed by atoms with Crippen LogP contribution in [-0.2, 0) is 11.3 Å². The van der Waals surface area contributed by atoms with Gasteiger partial charge in [0, 0.05) is 5.69 Å². The van der Waals surface area contributed by atoms with Gasteiger partial charge in [-0.1, -0.05) is 12.1 Å². The maximum Gasteiger partial charge on any atom is 0.338 e. The van der Waals surface area contributed by atoms with E-state index >= 15 is 0 Å². The van der Waals surface area contributed by atoms with Crippen molar-refractivity contribution in [3.05, 3.63) is 76.9 Å². The number of nitrogens with one attached hydrogen (secondary N) is 2. The predicted molar refractivity (Wildman–Crippen MR) is 119 cm³/mol. The molecule has 0 radical (unpaired) electrons. The van der Waals surface area contributed by atoms with Crippen molar-refractivity contribution in [1.82, 2.24) is 9.78 Å². The lowest BCUT2D eigenvalue weighted by Gasteiger charge is -2.12. The maximum atomic E-state index is 13.1. The summed E-state index contributed by atoms with van der Waals surface area (Å²) in [5.74, 6) is -0.620. The Hall–Kier alpha value is -3.26. The number of ether oxygens (including phenoxy) is 1. The van der Waals surface area contributed by atoms with Gasteiger partial charge in [0.15, 0.2) is 5.11 Å². The summed E-state index contributed by atoms with van der Waals surface area (Å²) in [5, 5.41) is 11.2. The van der Waals surface area contributed by atoms with E-state index in [1.54, 1.807) is 43.3 Å². The molecule has 0 aliphatic rings. The molecule has 3 rings (SSSR count). The number of esters is 1. The highest BCUT2D eigenvalue weighted by molar-refractivity contribution is 7.80. The van der Waals surface area contributed by atoms with Gasteiger partial charge in [-0.05, 0) is 75.0 Å². The zero-order chi connectivity index (χ0) is 21.7. The molecule has 1 aromatic heterocycles. The Labute approximate surface area is 180 Å². The van der Waals surface area contributed by atoms with Gasteiger partial charge in [0.1, 0.15) is 5.82 Å². The number of hydrogen-bond acceptors (Lipinski definition) is 4. The molecule has 0 saturated carbocycles. The number of aryl methyl sites for hydroxylation is 1. The number of carbonyl (C=O) groups excluding carboxylic acids is 1. The Morgan fingerprint density at radius 2 is 1.77 bits per heavy atom. The van der Waals surface area contributed by atoms with Gasteiger partial charge in [-0.3, -0.25) is 4.68 Å². The minimum absolute atomic E-state index is 0.263. The van der Waals surface area contributed by atoms with Gasteiger partial charge < -0.3 is 15.4 Å². The monoisotopic (exact) mass is 426 g/mol. The molecule has 0 unspecified atom stereocenters. The zero-order valence-electron chi connectivity index (χ0n) is 17.0. The van der Waals surface area contributed by atoms with Gasteiger partial charge >= 0.3 is 5.97 Å². The molecule has 0 spiro atoms. The van der Waals surface area contributed by atoms with Crippen molar-refractivity contribution >= 4 is 34.7 Å². The highest BCUT2D eigenvalue weighted by Gasteiger charge is 2.13. The van der Waals surface area contributed by atoms with Crippen molar-refractivity contribution < 1.29 is 13.9 Å². The second-order valence-corrected chi connectivity index (χ2v) is 7.12. The molecule has 156 valence electrons. The fraction of sp³-hybridized carbons (Fsp3) is 0.227. The first-order chi connectivity index (χ1) is 14.4. The average molecular weight is 427 g/mol. The number of halogens is 1. The number of aromatic nitrogens is 2. The Kier molecular flexibility index (Phi) is 6.79. The van der Waals surface area contributed by atoms with Crippen molar-refractivity contribution in [3.8, 4) is 0 Å². The molecule has 2 aromatic carbocycles. The lowest BCUT2D eigenvalue weighted by Crippen LogP contribution is -2.20. The zero-order valence-corrected chi connectivity index (χ0v) is 17.8. The molecule has 0 bridgehead atoms. The van der Waals surface area contributed by atoms with E-state index in [1.165, 1.54) is 12.1 Å². The Morgan fingerprint density at radius 1 is 1.10 bits per heavy atom. The van der Waals surface area contributed by atoms with Crippen LogP contribution in [0.15, 0.2) is 48.5 Å². The van der Waals surface area contributed by atoms with E-state index < -0.39 is 0 Å². The van der Waals surface area contributed by atoms with Crippen LogP contribution in [0.5, 0.6) is 0 Å². The molecular weight excluding hydrogens is 403 g/mol. The van der Waals surface area contributed by atoms with Crippen LogP contribution in [0.1, 0.15) is 34.2 Å². The second kappa shape index (κ2) is 9.49. The van der Waals surface area contributed by atoms with Crippen LogP contribution < -0.4 is 10.6 Å². The Morgan fingerprint density at radius 3 is 2.40 bits per heavy atom. The first kappa shape index (κ1) is 21.4. The van der Waals surface area contributed by atoms with Crippen molar-refractivity contribution in [1.29, 1.82) is 0 Å². The molecule has 0 aliphatic heterocycles. The topological polar surface area (TPSA) is 68.2 Å². The standard InChI is InChI=1S/C22H23FN4O2S/c1-4-29-21(28)17-7-11-19(12-8-17)24-22(30)25-20-14(2)26-27(15(20)3)13-16-5-9-18(23)10-6-16/h5-12H,4,13H2,1-3H3,(H2,24,25,30). The van der Waals surface area contributed by atoms with Crippen LogP contribution in [-0.4, -0.2) is 27.5 Å². The molecule has 0 aliphatic carbocycles. The molecule has 0 atom stereocenters. The number of thiocarbonyl (C=S) groups is 1. The number of nitrogens with zero attached hydrogens (tertiary/aromatic N) is 2. The van der Waals surface area contributed by atoms with Crippen LogP contribution >= 0.6 is 12.2 Å². The quantitative estimate of drug-likeness (QED) is 0.441. The molecule has 3 aromatic rings. The number of anilines is 2. The lowest BCUT2D eigenvalue weighted by molar-refractivity contribution is 0.0526. The SMILES string of the molecule is CCOC(=O)c1ccc(NC(=S)Nc2c(C)nn(Cc3ccc(F)cc3)c2C)cc1. The fourth-order valence-electron chi connectivity index (χ4n) is 2.97. The summed E-state index contributed by atoms with van der Waals surface area (Å²) in [6, 6.07) is 13.2. The second-order valence-electron chi connectivity index (χ2n) is 6.71. The summed E-state index contributed by atoms with van der Waals surface area (Å²) in [7, 11) is 0. The molecule has 8 heteroatoms. The Bertz CT molecular complexity index is 1050. The van der Waals surface area contributed by atoms with Gasteiger partial charge in [-0.2, -0.15) is 5.10 Å². The number of carbonyl (C=O) groups is 1. The van der Waals surface area contributed by atoms with Crippen LogP contribution in [0.4, 0.5) is 15.8 Å². The number of benzene rings is 2. The van der Waals surface area contributed by atoms with Crippen LogP contribution in [0.2, 0.25) is 0 Å². The fourth-order valence-corrected chi connectivity index (χ4v) is 3.19. The van der Waals surface area contributed by atoms with Crippen LogP contribution in [0.25, 0.3) is 0 Å². The third-order valence-corrected chi connectivity index (χ3v) is 4.72. The molecule has 1 heterocycles. The van der Waals surface area contributed by atoms with E-state index in [2.05, 4.69) is 15.7 Å². The molecule has 0 fully saturated rings. The summed E-state index contributed by atoms with van der Waals surface area (Å²) in [6.45, 7) is 6.48. The summed E-state index contributed by atoms with van der Waals surface area (Å²) in [4.78, 5) is 11.7. The summed E-state index contributed by atoms with van der Waals surface area (Å²) >= 11 is 5.42. The highest BCUT2D eigenvalue weighted by Crippen LogP contribution is 2.21. The van der Waals surface area contributed by atoms with E-state index in [0.717, 1.165) is 28.3 Å². The average Bonchev–Trinajstić information content (AvgIpc) is 2.98. The molecule has 30 heavy (non-hydrogen) atoms. The first-order valence-electron chi connectivity index (χ1n) is 9.51. The molecule has 0 saturated heterocycles. The molecule has 6 nitrogen and oxygen atoms in total. The summed E-state index contributed by atoms with van der Waals surface area (Å²) in [5.41, 5.74) is 4.72. The molecule has 2 N–H and O–H groups in total. The summed E-state index contributed by atoms with van der Waals surface area (Å²) in [6.07, 6.45) is 0. The summed E-state index contributed by atoms with van der Waals surface area (Å²) < 4.78 is 19.9. The third kappa shape index (κ3) is 5.21. The van der Waals surface area contributed by atoms with Crippen LogP contribution in [0, 0.1) is 19.7 Å². The third-order valence-electron chi connectivity index (χ3n) is 4.52. The van der Waals surface area contributed by atoms with E-state index in [-0.39, 0.29) is 11.8 Å². The highest BCUT2D eigenvalue weighted by atomic mass is 32.1. The van der Waals surface area contributed by atoms with Crippen LogP contribution in [0.3, 0.4) is 0 Å².